The second-order valence-electron chi connectivity index (χ2n) is 2.88. The summed E-state index contributed by atoms with van der Waals surface area (Å²) in [6.45, 7) is 2.07. The van der Waals surface area contributed by atoms with Gasteiger partial charge in [0.25, 0.3) is 0 Å². The van der Waals surface area contributed by atoms with Crippen molar-refractivity contribution in [3.8, 4) is 0 Å². The fourth-order valence-electron chi connectivity index (χ4n) is 1.07. The average Bonchev–Trinajstić information content (AvgIpc) is 2.00. The average molecular weight is 217 g/mol. The van der Waals surface area contributed by atoms with Gasteiger partial charge in [0.2, 0.25) is 0 Å². The maximum absolute atomic E-state index is 5.89. The SMILES string of the molecule is CNC1(C)C(Br)=CC=CC1N. The van der Waals surface area contributed by atoms with Crippen LogP contribution in [0.1, 0.15) is 6.92 Å². The van der Waals surface area contributed by atoms with Crippen LogP contribution in [0, 0.1) is 0 Å². The van der Waals surface area contributed by atoms with Gasteiger partial charge in [-0.1, -0.05) is 34.2 Å². The van der Waals surface area contributed by atoms with Gasteiger partial charge in [-0.05, 0) is 14.0 Å². The number of hydrogen-bond donors (Lipinski definition) is 2. The van der Waals surface area contributed by atoms with Gasteiger partial charge in [-0.3, -0.25) is 0 Å². The third-order valence-corrected chi connectivity index (χ3v) is 3.33. The largest absolute Gasteiger partial charge is 0.323 e. The predicted molar refractivity (Wildman–Crippen MR) is 51.6 cm³/mol. The van der Waals surface area contributed by atoms with Gasteiger partial charge < -0.3 is 11.1 Å². The summed E-state index contributed by atoms with van der Waals surface area (Å²) < 4.78 is 1.10. The first-order valence-electron chi connectivity index (χ1n) is 3.60. The van der Waals surface area contributed by atoms with Crippen molar-refractivity contribution in [2.24, 2.45) is 5.73 Å². The second kappa shape index (κ2) is 3.09. The zero-order valence-corrected chi connectivity index (χ0v) is 8.35. The summed E-state index contributed by atoms with van der Waals surface area (Å²) in [7, 11) is 1.91. The van der Waals surface area contributed by atoms with Gasteiger partial charge in [0.15, 0.2) is 0 Å². The Hall–Kier alpha value is -0.120. The molecule has 0 heterocycles. The molecule has 1 rings (SSSR count). The normalized spacial score (nSPS) is 37.1. The zero-order valence-electron chi connectivity index (χ0n) is 6.76. The number of halogens is 1. The van der Waals surface area contributed by atoms with E-state index in [9.17, 15) is 0 Å². The smallest absolute Gasteiger partial charge is 0.0659 e. The van der Waals surface area contributed by atoms with E-state index in [0.717, 1.165) is 4.48 Å². The lowest BCUT2D eigenvalue weighted by molar-refractivity contribution is 0.423. The molecule has 2 nitrogen and oxygen atoms in total. The molecule has 1 aliphatic rings. The molecule has 0 aromatic heterocycles. The highest BCUT2D eigenvalue weighted by Crippen LogP contribution is 2.28. The number of nitrogens with two attached hydrogens (primary N) is 1. The van der Waals surface area contributed by atoms with Crippen molar-refractivity contribution in [2.75, 3.05) is 7.05 Å². The minimum atomic E-state index is -0.144. The van der Waals surface area contributed by atoms with Crippen LogP contribution in [0.15, 0.2) is 22.7 Å². The molecule has 62 valence electrons. The minimum absolute atomic E-state index is 0.0341. The Bertz CT molecular complexity index is 210. The quantitative estimate of drug-likeness (QED) is 0.691. The molecule has 1 aliphatic carbocycles. The van der Waals surface area contributed by atoms with Crippen molar-refractivity contribution in [3.05, 3.63) is 22.7 Å². The summed E-state index contributed by atoms with van der Waals surface area (Å²) in [6.07, 6.45) is 5.97. The van der Waals surface area contributed by atoms with Crippen molar-refractivity contribution < 1.29 is 0 Å². The molecule has 3 heteroatoms. The van der Waals surface area contributed by atoms with Gasteiger partial charge >= 0.3 is 0 Å². The van der Waals surface area contributed by atoms with Crippen LogP contribution >= 0.6 is 15.9 Å². The van der Waals surface area contributed by atoms with E-state index in [-0.39, 0.29) is 11.6 Å². The van der Waals surface area contributed by atoms with Crippen LogP contribution < -0.4 is 11.1 Å². The summed E-state index contributed by atoms with van der Waals surface area (Å²) in [5.74, 6) is 0. The molecule has 0 radical (unpaired) electrons. The van der Waals surface area contributed by atoms with Crippen LogP contribution in [0.3, 0.4) is 0 Å². The van der Waals surface area contributed by atoms with E-state index in [1.807, 2.05) is 25.3 Å². The van der Waals surface area contributed by atoms with Crippen molar-refractivity contribution in [1.82, 2.24) is 5.32 Å². The Morgan fingerprint density at radius 1 is 1.73 bits per heavy atom. The van der Waals surface area contributed by atoms with Gasteiger partial charge in [0.05, 0.1) is 5.54 Å². The van der Waals surface area contributed by atoms with Crippen molar-refractivity contribution in [1.29, 1.82) is 0 Å². The first kappa shape index (κ1) is 8.97. The molecule has 0 aliphatic heterocycles. The second-order valence-corrected chi connectivity index (χ2v) is 3.73. The maximum Gasteiger partial charge on any atom is 0.0659 e. The molecule has 0 fully saturated rings. The van der Waals surface area contributed by atoms with Crippen molar-refractivity contribution in [3.63, 3.8) is 0 Å². The molecule has 3 N–H and O–H groups in total. The lowest BCUT2D eigenvalue weighted by atomic mass is 9.89. The standard InChI is InChI=1S/C8H13BrN2/c1-8(11-2)6(9)4-3-5-7(8)10/h3-5,7,11H,10H2,1-2H3. The highest BCUT2D eigenvalue weighted by molar-refractivity contribution is 9.11. The van der Waals surface area contributed by atoms with Crippen molar-refractivity contribution >= 4 is 15.9 Å². The Balaban J connectivity index is 2.94. The van der Waals surface area contributed by atoms with Crippen LogP contribution in [-0.2, 0) is 0 Å². The molecular formula is C8H13BrN2. The number of hydrogen-bond acceptors (Lipinski definition) is 2. The van der Waals surface area contributed by atoms with Crippen LogP contribution in [0.5, 0.6) is 0 Å². The Kier molecular flexibility index (Phi) is 2.52. The number of rotatable bonds is 1. The van der Waals surface area contributed by atoms with Crippen LogP contribution in [-0.4, -0.2) is 18.6 Å². The van der Waals surface area contributed by atoms with Crippen LogP contribution in [0.25, 0.3) is 0 Å². The molecule has 2 unspecified atom stereocenters. The molecule has 0 amide bonds. The Morgan fingerprint density at radius 2 is 2.36 bits per heavy atom. The lowest BCUT2D eigenvalue weighted by Gasteiger charge is -2.35. The third kappa shape index (κ3) is 1.41. The van der Waals surface area contributed by atoms with E-state index in [0.29, 0.717) is 0 Å². The molecule has 0 aromatic rings. The number of allylic oxidation sites excluding steroid dienone is 2. The first-order chi connectivity index (χ1) is 5.11. The molecule has 0 saturated carbocycles. The van der Waals surface area contributed by atoms with Gasteiger partial charge in [-0.25, -0.2) is 0 Å². The summed E-state index contributed by atoms with van der Waals surface area (Å²) >= 11 is 3.48. The predicted octanol–water partition coefficient (Wildman–Crippen LogP) is 1.14. The van der Waals surface area contributed by atoms with E-state index in [1.54, 1.807) is 0 Å². The fraction of sp³-hybridized carbons (Fsp3) is 0.500. The number of nitrogens with one attached hydrogen (secondary N) is 1. The number of likely N-dealkylation sites (N-methyl/N-ethyl adjacent to an activating group) is 1. The van der Waals surface area contributed by atoms with Gasteiger partial charge in [-0.15, -0.1) is 0 Å². The van der Waals surface area contributed by atoms with E-state index in [4.69, 9.17) is 5.73 Å². The Morgan fingerprint density at radius 3 is 2.73 bits per heavy atom. The van der Waals surface area contributed by atoms with Gasteiger partial charge in [-0.2, -0.15) is 0 Å². The maximum atomic E-state index is 5.89. The Labute approximate surface area is 75.7 Å². The molecule has 11 heavy (non-hydrogen) atoms. The fourth-order valence-corrected chi connectivity index (χ4v) is 1.69. The van der Waals surface area contributed by atoms with E-state index < -0.39 is 0 Å². The van der Waals surface area contributed by atoms with E-state index >= 15 is 0 Å². The molecular weight excluding hydrogens is 204 g/mol. The highest BCUT2D eigenvalue weighted by Gasteiger charge is 2.32. The molecule has 0 spiro atoms. The van der Waals surface area contributed by atoms with E-state index in [1.165, 1.54) is 0 Å². The van der Waals surface area contributed by atoms with Crippen LogP contribution in [0.2, 0.25) is 0 Å². The topological polar surface area (TPSA) is 38.0 Å². The minimum Gasteiger partial charge on any atom is -0.323 e. The van der Waals surface area contributed by atoms with Crippen LogP contribution in [0.4, 0.5) is 0 Å². The monoisotopic (exact) mass is 216 g/mol. The molecule has 0 bridgehead atoms. The summed E-state index contributed by atoms with van der Waals surface area (Å²) in [5.41, 5.74) is 5.75. The first-order valence-corrected chi connectivity index (χ1v) is 4.39. The summed E-state index contributed by atoms with van der Waals surface area (Å²) in [4.78, 5) is 0. The molecule has 2 atom stereocenters. The summed E-state index contributed by atoms with van der Waals surface area (Å²) in [5, 5.41) is 3.19. The zero-order chi connectivity index (χ0) is 8.48. The summed E-state index contributed by atoms with van der Waals surface area (Å²) in [6, 6.07) is 0.0341. The molecule has 0 aromatic carbocycles. The van der Waals surface area contributed by atoms with E-state index in [2.05, 4.69) is 28.2 Å². The van der Waals surface area contributed by atoms with Gasteiger partial charge in [0.1, 0.15) is 0 Å². The third-order valence-electron chi connectivity index (χ3n) is 2.24. The van der Waals surface area contributed by atoms with Crippen molar-refractivity contribution in [2.45, 2.75) is 18.5 Å². The molecule has 0 saturated heterocycles. The lowest BCUT2D eigenvalue weighted by Crippen LogP contribution is -2.54. The highest BCUT2D eigenvalue weighted by atomic mass is 79.9. The van der Waals surface area contributed by atoms with Gasteiger partial charge in [0, 0.05) is 10.5 Å².